The molecule has 1 aromatic heterocycles. The summed E-state index contributed by atoms with van der Waals surface area (Å²) in [4.78, 5) is 16.3. The van der Waals surface area contributed by atoms with E-state index in [4.69, 9.17) is 0 Å². The molecule has 0 fully saturated rings. The Morgan fingerprint density at radius 2 is 1.96 bits per heavy atom. The topological polar surface area (TPSA) is 79.4 Å². The Morgan fingerprint density at radius 1 is 1.19 bits per heavy atom. The monoisotopic (exact) mass is 401 g/mol. The molecule has 1 atom stereocenters. The molecule has 0 saturated carbocycles. The van der Waals surface area contributed by atoms with Crippen LogP contribution in [0, 0.1) is 0 Å². The number of carbonyl (C=O) groups is 1. The van der Waals surface area contributed by atoms with E-state index in [1.807, 2.05) is 31.2 Å². The normalized spacial score (nSPS) is 15.6. The number of amides is 1. The summed E-state index contributed by atoms with van der Waals surface area (Å²) in [5.74, 6) is -0.0420. The molecular formula is C19H19N3O3S2. The fraction of sp³-hybridized carbons (Fsp3) is 0.263. The van der Waals surface area contributed by atoms with Gasteiger partial charge in [-0.25, -0.2) is 13.4 Å². The SMILES string of the molecule is C[C@H](c1nc2ccccc2s1)N(C)S(=O)(=O)c1ccc2c(c1)CCC(=O)N2. The van der Waals surface area contributed by atoms with Crippen LogP contribution >= 0.6 is 11.3 Å². The van der Waals surface area contributed by atoms with Crippen LogP contribution in [0.25, 0.3) is 10.2 Å². The lowest BCUT2D eigenvalue weighted by Crippen LogP contribution is -2.30. The Bertz CT molecular complexity index is 1110. The third-order valence-corrected chi connectivity index (χ3v) is 7.99. The predicted molar refractivity (Wildman–Crippen MR) is 106 cm³/mol. The van der Waals surface area contributed by atoms with E-state index < -0.39 is 10.0 Å². The number of hydrogen-bond acceptors (Lipinski definition) is 5. The lowest BCUT2D eigenvalue weighted by molar-refractivity contribution is -0.116. The molecule has 1 N–H and O–H groups in total. The number of nitrogens with zero attached hydrogens (tertiary/aromatic N) is 2. The van der Waals surface area contributed by atoms with Crippen LogP contribution in [0.3, 0.4) is 0 Å². The maximum Gasteiger partial charge on any atom is 0.243 e. The minimum absolute atomic E-state index is 0.0420. The molecule has 0 bridgehead atoms. The smallest absolute Gasteiger partial charge is 0.243 e. The van der Waals surface area contributed by atoms with Crippen LogP contribution in [0.2, 0.25) is 0 Å². The van der Waals surface area contributed by atoms with Crippen molar-refractivity contribution in [3.8, 4) is 0 Å². The first-order valence-corrected chi connectivity index (χ1v) is 10.9. The zero-order valence-corrected chi connectivity index (χ0v) is 16.6. The fourth-order valence-electron chi connectivity index (χ4n) is 3.12. The molecule has 2 heterocycles. The van der Waals surface area contributed by atoms with Gasteiger partial charge in [0.05, 0.1) is 21.2 Å². The van der Waals surface area contributed by atoms with Crippen molar-refractivity contribution in [1.82, 2.24) is 9.29 Å². The molecule has 0 saturated heterocycles. The lowest BCUT2D eigenvalue weighted by atomic mass is 10.0. The molecule has 8 heteroatoms. The van der Waals surface area contributed by atoms with Gasteiger partial charge in [-0.05, 0) is 49.2 Å². The predicted octanol–water partition coefficient (Wildman–Crippen LogP) is 3.56. The highest BCUT2D eigenvalue weighted by molar-refractivity contribution is 7.89. The number of para-hydroxylation sites is 1. The largest absolute Gasteiger partial charge is 0.326 e. The number of rotatable bonds is 4. The van der Waals surface area contributed by atoms with Crippen LogP contribution in [0.5, 0.6) is 0 Å². The van der Waals surface area contributed by atoms with Crippen molar-refractivity contribution in [3.05, 3.63) is 53.0 Å². The number of fused-ring (bicyclic) bond motifs is 2. The number of nitrogens with one attached hydrogen (secondary N) is 1. The van der Waals surface area contributed by atoms with E-state index in [0.29, 0.717) is 18.5 Å². The number of anilines is 1. The van der Waals surface area contributed by atoms with Crippen molar-refractivity contribution >= 4 is 43.2 Å². The van der Waals surface area contributed by atoms with E-state index in [-0.39, 0.29) is 16.8 Å². The summed E-state index contributed by atoms with van der Waals surface area (Å²) >= 11 is 1.50. The molecule has 1 aliphatic heterocycles. The van der Waals surface area contributed by atoms with Crippen molar-refractivity contribution in [2.45, 2.75) is 30.7 Å². The third-order valence-electron chi connectivity index (χ3n) is 4.86. The van der Waals surface area contributed by atoms with Crippen molar-refractivity contribution in [1.29, 1.82) is 0 Å². The second kappa shape index (κ2) is 6.70. The van der Waals surface area contributed by atoms with E-state index in [1.54, 1.807) is 25.2 Å². The van der Waals surface area contributed by atoms with E-state index in [9.17, 15) is 13.2 Å². The van der Waals surface area contributed by atoms with Crippen LogP contribution in [0.4, 0.5) is 5.69 Å². The number of carbonyl (C=O) groups excluding carboxylic acids is 1. The molecule has 140 valence electrons. The van der Waals surface area contributed by atoms with Crippen molar-refractivity contribution in [2.75, 3.05) is 12.4 Å². The van der Waals surface area contributed by atoms with Crippen LogP contribution in [0.15, 0.2) is 47.4 Å². The maximum atomic E-state index is 13.1. The average molecular weight is 402 g/mol. The number of aryl methyl sites for hydroxylation is 1. The lowest BCUT2D eigenvalue weighted by Gasteiger charge is -2.24. The molecule has 2 aromatic carbocycles. The van der Waals surface area contributed by atoms with Crippen LogP contribution in [-0.2, 0) is 21.2 Å². The van der Waals surface area contributed by atoms with Gasteiger partial charge in [-0.15, -0.1) is 11.3 Å². The molecule has 4 rings (SSSR count). The zero-order chi connectivity index (χ0) is 19.2. The fourth-order valence-corrected chi connectivity index (χ4v) is 5.63. The molecule has 27 heavy (non-hydrogen) atoms. The number of hydrogen-bond donors (Lipinski definition) is 1. The standard InChI is InChI=1S/C19H19N3O3S2/c1-12(19-21-16-5-3-4-6-17(16)26-19)22(2)27(24,25)14-8-9-15-13(11-14)7-10-18(23)20-15/h3-6,8-9,11-12H,7,10H2,1-2H3,(H,20,23)/t12-/m1/s1. The van der Waals surface area contributed by atoms with E-state index in [2.05, 4.69) is 10.3 Å². The highest BCUT2D eigenvalue weighted by Crippen LogP contribution is 2.33. The second-order valence-corrected chi connectivity index (χ2v) is 9.64. The summed E-state index contributed by atoms with van der Waals surface area (Å²) in [5, 5.41) is 3.53. The molecule has 3 aromatic rings. The summed E-state index contributed by atoms with van der Waals surface area (Å²) in [5.41, 5.74) is 2.41. The highest BCUT2D eigenvalue weighted by Gasteiger charge is 2.29. The summed E-state index contributed by atoms with van der Waals surface area (Å²) < 4.78 is 28.6. The number of aromatic nitrogens is 1. The zero-order valence-electron chi connectivity index (χ0n) is 15.0. The van der Waals surface area contributed by atoms with Crippen LogP contribution < -0.4 is 5.32 Å². The minimum atomic E-state index is -3.68. The molecule has 6 nitrogen and oxygen atoms in total. The van der Waals surface area contributed by atoms with Crippen LogP contribution in [-0.4, -0.2) is 30.7 Å². The summed E-state index contributed by atoms with van der Waals surface area (Å²) in [6, 6.07) is 12.2. The minimum Gasteiger partial charge on any atom is -0.326 e. The summed E-state index contributed by atoms with van der Waals surface area (Å²) in [6.45, 7) is 1.84. The van der Waals surface area contributed by atoms with Gasteiger partial charge in [0.25, 0.3) is 0 Å². The highest BCUT2D eigenvalue weighted by atomic mass is 32.2. The maximum absolute atomic E-state index is 13.1. The summed E-state index contributed by atoms with van der Waals surface area (Å²) in [7, 11) is -2.11. The van der Waals surface area contributed by atoms with Crippen molar-refractivity contribution < 1.29 is 13.2 Å². The number of thiazole rings is 1. The first-order chi connectivity index (χ1) is 12.9. The first kappa shape index (κ1) is 18.1. The number of benzene rings is 2. The molecule has 1 amide bonds. The van der Waals surface area contributed by atoms with E-state index in [1.165, 1.54) is 15.6 Å². The van der Waals surface area contributed by atoms with Gasteiger partial charge in [0.15, 0.2) is 0 Å². The van der Waals surface area contributed by atoms with E-state index >= 15 is 0 Å². The van der Waals surface area contributed by atoms with Gasteiger partial charge in [0.1, 0.15) is 5.01 Å². The molecular weight excluding hydrogens is 382 g/mol. The third kappa shape index (κ3) is 3.24. The Balaban J connectivity index is 1.65. The van der Waals surface area contributed by atoms with Gasteiger partial charge in [0, 0.05) is 19.2 Å². The summed E-state index contributed by atoms with van der Waals surface area (Å²) in [6.07, 6.45) is 0.913. The Kier molecular flexibility index (Phi) is 4.49. The first-order valence-electron chi connectivity index (χ1n) is 8.62. The molecule has 0 unspecified atom stereocenters. The van der Waals surface area contributed by atoms with E-state index in [0.717, 1.165) is 20.8 Å². The van der Waals surface area contributed by atoms with Gasteiger partial charge in [0.2, 0.25) is 15.9 Å². The van der Waals surface area contributed by atoms with Gasteiger partial charge in [-0.1, -0.05) is 12.1 Å². The van der Waals surface area contributed by atoms with Gasteiger partial charge in [-0.2, -0.15) is 4.31 Å². The van der Waals surface area contributed by atoms with Crippen molar-refractivity contribution in [3.63, 3.8) is 0 Å². The Labute approximate surface area is 161 Å². The van der Waals surface area contributed by atoms with Gasteiger partial charge in [-0.3, -0.25) is 4.79 Å². The average Bonchev–Trinajstić information content (AvgIpc) is 3.10. The van der Waals surface area contributed by atoms with Crippen LogP contribution in [0.1, 0.15) is 30.0 Å². The Morgan fingerprint density at radius 3 is 2.74 bits per heavy atom. The van der Waals surface area contributed by atoms with Gasteiger partial charge >= 0.3 is 0 Å². The second-order valence-electron chi connectivity index (χ2n) is 6.58. The molecule has 0 spiro atoms. The Hall–Kier alpha value is -2.29. The molecule has 0 aliphatic carbocycles. The van der Waals surface area contributed by atoms with Gasteiger partial charge < -0.3 is 5.32 Å². The van der Waals surface area contributed by atoms with Crippen molar-refractivity contribution in [2.24, 2.45) is 0 Å². The molecule has 0 radical (unpaired) electrons. The number of sulfonamides is 1. The quantitative estimate of drug-likeness (QED) is 0.725. The molecule has 1 aliphatic rings.